The van der Waals surface area contributed by atoms with Crippen LogP contribution in [0.25, 0.3) is 0 Å². The molecule has 0 aliphatic heterocycles. The molecule has 2 rings (SSSR count). The Morgan fingerprint density at radius 3 is 1.36 bits per heavy atom. The minimum Gasteiger partial charge on any atom is -0.508 e. The molecule has 0 radical (unpaired) electrons. The monoisotopic (exact) mass is 298 g/mol. The third kappa shape index (κ3) is 3.27. The molecular weight excluding hydrogens is 272 g/mol. The molecule has 0 saturated carbocycles. The lowest BCUT2D eigenvalue weighted by molar-refractivity contribution is 0.465. The van der Waals surface area contributed by atoms with Gasteiger partial charge in [0.05, 0.1) is 0 Å². The second-order valence-electron chi connectivity index (χ2n) is 6.12. The van der Waals surface area contributed by atoms with Crippen molar-refractivity contribution in [2.75, 3.05) is 0 Å². The molecule has 2 aromatic carbocycles. The molecule has 2 heteroatoms. The lowest BCUT2D eigenvalue weighted by atomic mass is 9.77. The molecule has 0 aromatic heterocycles. The molecule has 0 fully saturated rings. The maximum absolute atomic E-state index is 9.75. The van der Waals surface area contributed by atoms with Crippen LogP contribution >= 0.6 is 0 Å². The molecule has 0 saturated heterocycles. The summed E-state index contributed by atoms with van der Waals surface area (Å²) in [6, 6.07) is 11.8. The maximum atomic E-state index is 9.75. The summed E-state index contributed by atoms with van der Waals surface area (Å²) in [4.78, 5) is 0. The first kappa shape index (κ1) is 16.4. The van der Waals surface area contributed by atoms with Crippen LogP contribution in [0, 0.1) is 13.8 Å². The highest BCUT2D eigenvalue weighted by Gasteiger charge is 2.23. The fraction of sp³-hybridized carbons (Fsp3) is 0.400. The van der Waals surface area contributed by atoms with Gasteiger partial charge in [-0.25, -0.2) is 0 Å². The third-order valence-electron chi connectivity index (χ3n) is 4.66. The van der Waals surface area contributed by atoms with Gasteiger partial charge in [-0.1, -0.05) is 38.1 Å². The summed E-state index contributed by atoms with van der Waals surface area (Å²) < 4.78 is 0. The van der Waals surface area contributed by atoms with Gasteiger partial charge in [0.1, 0.15) is 11.5 Å². The molecule has 2 aromatic rings. The fourth-order valence-electron chi connectivity index (χ4n) is 3.32. The predicted molar refractivity (Wildman–Crippen MR) is 91.8 cm³/mol. The average molecular weight is 298 g/mol. The van der Waals surface area contributed by atoms with E-state index in [2.05, 4.69) is 26.0 Å². The van der Waals surface area contributed by atoms with Gasteiger partial charge in [0, 0.05) is 0 Å². The van der Waals surface area contributed by atoms with Crippen LogP contribution in [0.1, 0.15) is 60.8 Å². The standard InChI is InChI=1S/C20H26O2/c1-5-17(15-7-9-19(21)13(3)11-15)18(6-2)16-8-10-20(22)14(4)12-16/h7-12,17-18,21-22H,5-6H2,1-4H3/t17-,18+. The van der Waals surface area contributed by atoms with E-state index in [0.717, 1.165) is 24.0 Å². The molecular formula is C20H26O2. The van der Waals surface area contributed by atoms with Crippen LogP contribution in [-0.4, -0.2) is 10.2 Å². The van der Waals surface area contributed by atoms with Gasteiger partial charge in [-0.2, -0.15) is 0 Å². The zero-order chi connectivity index (χ0) is 16.3. The summed E-state index contributed by atoms with van der Waals surface area (Å²) in [6.07, 6.45) is 2.09. The minimum absolute atomic E-state index is 0.354. The number of benzene rings is 2. The summed E-state index contributed by atoms with van der Waals surface area (Å²) >= 11 is 0. The van der Waals surface area contributed by atoms with Gasteiger partial charge in [-0.05, 0) is 72.9 Å². The van der Waals surface area contributed by atoms with Crippen molar-refractivity contribution >= 4 is 0 Å². The summed E-state index contributed by atoms with van der Waals surface area (Å²) in [7, 11) is 0. The van der Waals surface area contributed by atoms with Crippen LogP contribution in [-0.2, 0) is 0 Å². The van der Waals surface area contributed by atoms with E-state index < -0.39 is 0 Å². The largest absolute Gasteiger partial charge is 0.508 e. The van der Waals surface area contributed by atoms with Gasteiger partial charge in [-0.3, -0.25) is 0 Å². The smallest absolute Gasteiger partial charge is 0.118 e. The Hall–Kier alpha value is -1.96. The Morgan fingerprint density at radius 2 is 1.09 bits per heavy atom. The molecule has 0 aliphatic rings. The Kier molecular flexibility index (Phi) is 5.12. The van der Waals surface area contributed by atoms with Crippen molar-refractivity contribution in [2.45, 2.75) is 52.4 Å². The van der Waals surface area contributed by atoms with E-state index in [1.165, 1.54) is 11.1 Å². The quantitative estimate of drug-likeness (QED) is 0.775. The molecule has 22 heavy (non-hydrogen) atoms. The van der Waals surface area contributed by atoms with E-state index in [9.17, 15) is 10.2 Å². The molecule has 0 unspecified atom stereocenters. The second-order valence-corrected chi connectivity index (χ2v) is 6.12. The van der Waals surface area contributed by atoms with Crippen LogP contribution in [0.3, 0.4) is 0 Å². The zero-order valence-corrected chi connectivity index (χ0v) is 13.9. The van der Waals surface area contributed by atoms with E-state index in [1.807, 2.05) is 26.0 Å². The first-order valence-corrected chi connectivity index (χ1v) is 8.06. The molecule has 2 N–H and O–H groups in total. The number of aryl methyl sites for hydroxylation is 2. The Bertz CT molecular complexity index is 589. The van der Waals surface area contributed by atoms with E-state index >= 15 is 0 Å². The first-order valence-electron chi connectivity index (χ1n) is 8.06. The van der Waals surface area contributed by atoms with Crippen LogP contribution in [0.15, 0.2) is 36.4 Å². The van der Waals surface area contributed by atoms with Gasteiger partial charge in [0.15, 0.2) is 0 Å². The number of aromatic hydroxyl groups is 2. The Morgan fingerprint density at radius 1 is 0.727 bits per heavy atom. The molecule has 0 amide bonds. The molecule has 2 atom stereocenters. The van der Waals surface area contributed by atoms with Crippen LogP contribution in [0.2, 0.25) is 0 Å². The number of phenolic OH excluding ortho intramolecular Hbond substituents is 2. The molecule has 2 nitrogen and oxygen atoms in total. The van der Waals surface area contributed by atoms with Gasteiger partial charge < -0.3 is 10.2 Å². The average Bonchev–Trinajstić information content (AvgIpc) is 2.50. The number of rotatable bonds is 5. The predicted octanol–water partition coefficient (Wildman–Crippen LogP) is 5.40. The molecule has 0 spiro atoms. The molecule has 0 heterocycles. The maximum Gasteiger partial charge on any atom is 0.118 e. The van der Waals surface area contributed by atoms with Crippen LogP contribution in [0.4, 0.5) is 0 Å². The summed E-state index contributed by atoms with van der Waals surface area (Å²) in [5, 5.41) is 19.5. The highest BCUT2D eigenvalue weighted by molar-refractivity contribution is 5.40. The van der Waals surface area contributed by atoms with E-state index in [4.69, 9.17) is 0 Å². The highest BCUT2D eigenvalue weighted by Crippen LogP contribution is 2.39. The van der Waals surface area contributed by atoms with Crippen molar-refractivity contribution in [2.24, 2.45) is 0 Å². The highest BCUT2D eigenvalue weighted by atomic mass is 16.3. The Labute approximate surface area is 133 Å². The normalized spacial score (nSPS) is 13.8. The fourth-order valence-corrected chi connectivity index (χ4v) is 3.32. The van der Waals surface area contributed by atoms with Crippen molar-refractivity contribution in [1.82, 2.24) is 0 Å². The van der Waals surface area contributed by atoms with E-state index in [0.29, 0.717) is 23.3 Å². The zero-order valence-electron chi connectivity index (χ0n) is 13.9. The summed E-state index contributed by atoms with van der Waals surface area (Å²) in [5.41, 5.74) is 4.39. The number of hydrogen-bond donors (Lipinski definition) is 2. The Balaban J connectivity index is 2.41. The minimum atomic E-state index is 0.354. The van der Waals surface area contributed by atoms with Gasteiger partial charge in [0.2, 0.25) is 0 Å². The SMILES string of the molecule is CC[C@H](c1ccc(O)c(C)c1)[C@@H](CC)c1ccc(O)c(C)c1. The van der Waals surface area contributed by atoms with E-state index in [1.54, 1.807) is 12.1 Å². The lowest BCUT2D eigenvalue weighted by Crippen LogP contribution is -2.10. The van der Waals surface area contributed by atoms with Crippen molar-refractivity contribution in [3.63, 3.8) is 0 Å². The summed E-state index contributed by atoms with van der Waals surface area (Å²) in [5.74, 6) is 1.53. The van der Waals surface area contributed by atoms with E-state index in [-0.39, 0.29) is 0 Å². The lowest BCUT2D eigenvalue weighted by Gasteiger charge is -2.27. The second kappa shape index (κ2) is 6.87. The van der Waals surface area contributed by atoms with Crippen molar-refractivity contribution in [3.05, 3.63) is 58.7 Å². The topological polar surface area (TPSA) is 40.5 Å². The molecule has 0 bridgehead atoms. The molecule has 118 valence electrons. The van der Waals surface area contributed by atoms with Crippen LogP contribution in [0.5, 0.6) is 11.5 Å². The van der Waals surface area contributed by atoms with Gasteiger partial charge in [0.25, 0.3) is 0 Å². The van der Waals surface area contributed by atoms with Gasteiger partial charge >= 0.3 is 0 Å². The number of hydrogen-bond acceptors (Lipinski definition) is 2. The third-order valence-corrected chi connectivity index (χ3v) is 4.66. The molecule has 0 aliphatic carbocycles. The van der Waals surface area contributed by atoms with Crippen LogP contribution < -0.4 is 0 Å². The van der Waals surface area contributed by atoms with Crippen molar-refractivity contribution in [3.8, 4) is 11.5 Å². The summed E-state index contributed by atoms with van der Waals surface area (Å²) in [6.45, 7) is 8.31. The van der Waals surface area contributed by atoms with Crippen molar-refractivity contribution in [1.29, 1.82) is 0 Å². The first-order chi connectivity index (χ1) is 10.5. The van der Waals surface area contributed by atoms with Gasteiger partial charge in [-0.15, -0.1) is 0 Å². The van der Waals surface area contributed by atoms with Crippen molar-refractivity contribution < 1.29 is 10.2 Å². The number of phenols is 2.